The smallest absolute Gasteiger partial charge is 0.0850 e. The zero-order chi connectivity index (χ0) is 15.0. The van der Waals surface area contributed by atoms with E-state index in [9.17, 15) is 0 Å². The lowest BCUT2D eigenvalue weighted by molar-refractivity contribution is 0.569. The molecule has 0 spiro atoms. The minimum atomic E-state index is 0.271. The summed E-state index contributed by atoms with van der Waals surface area (Å²) < 4.78 is 4.64. The Balaban J connectivity index is 1.91. The van der Waals surface area contributed by atoms with Crippen LogP contribution in [-0.4, -0.2) is 16.8 Å². The van der Waals surface area contributed by atoms with E-state index in [0.717, 1.165) is 29.3 Å². The standard InChI is InChI=1S/C15H18ClN3S2/c1-4-9-15(16)11(19(3)18-9)7-10(17-2)13-8-14-12(21-13)5-6-20-14/h5-6,8,10,17H,4,7H2,1-3H3. The van der Waals surface area contributed by atoms with E-state index in [2.05, 4.69) is 34.9 Å². The van der Waals surface area contributed by atoms with Gasteiger partial charge in [0.15, 0.2) is 0 Å². The van der Waals surface area contributed by atoms with Crippen LogP contribution in [0, 0.1) is 0 Å². The first-order chi connectivity index (χ1) is 10.1. The maximum atomic E-state index is 6.47. The van der Waals surface area contributed by atoms with Crippen molar-refractivity contribution in [1.29, 1.82) is 0 Å². The number of thiophene rings is 2. The van der Waals surface area contributed by atoms with Gasteiger partial charge >= 0.3 is 0 Å². The van der Waals surface area contributed by atoms with E-state index >= 15 is 0 Å². The highest BCUT2D eigenvalue weighted by Crippen LogP contribution is 2.35. The molecule has 0 aromatic carbocycles. The fourth-order valence-electron chi connectivity index (χ4n) is 2.54. The zero-order valence-electron chi connectivity index (χ0n) is 12.3. The van der Waals surface area contributed by atoms with Gasteiger partial charge < -0.3 is 5.32 Å². The summed E-state index contributed by atoms with van der Waals surface area (Å²) in [5.41, 5.74) is 2.08. The van der Waals surface area contributed by atoms with Gasteiger partial charge in [-0.25, -0.2) is 0 Å². The number of hydrogen-bond donors (Lipinski definition) is 1. The largest absolute Gasteiger partial charge is 0.312 e. The van der Waals surface area contributed by atoms with Gasteiger partial charge in [-0.3, -0.25) is 4.68 Å². The Hall–Kier alpha value is -0.880. The molecule has 0 aliphatic heterocycles. The van der Waals surface area contributed by atoms with Gasteiger partial charge in [0.1, 0.15) is 0 Å². The van der Waals surface area contributed by atoms with E-state index in [1.165, 1.54) is 14.3 Å². The molecule has 21 heavy (non-hydrogen) atoms. The van der Waals surface area contributed by atoms with E-state index < -0.39 is 0 Å². The molecule has 0 amide bonds. The van der Waals surface area contributed by atoms with Crippen LogP contribution in [0.25, 0.3) is 9.40 Å². The molecule has 1 unspecified atom stereocenters. The van der Waals surface area contributed by atoms with Crippen molar-refractivity contribution in [1.82, 2.24) is 15.1 Å². The van der Waals surface area contributed by atoms with Crippen LogP contribution in [0.4, 0.5) is 0 Å². The Kier molecular flexibility index (Phi) is 4.36. The molecular formula is C15H18ClN3S2. The number of aromatic nitrogens is 2. The van der Waals surface area contributed by atoms with Crippen LogP contribution in [0.5, 0.6) is 0 Å². The highest BCUT2D eigenvalue weighted by atomic mass is 35.5. The topological polar surface area (TPSA) is 29.9 Å². The molecule has 1 atom stereocenters. The van der Waals surface area contributed by atoms with Gasteiger partial charge in [-0.05, 0) is 31.0 Å². The Bertz CT molecular complexity index is 728. The maximum Gasteiger partial charge on any atom is 0.0850 e. The highest BCUT2D eigenvalue weighted by molar-refractivity contribution is 7.26. The van der Waals surface area contributed by atoms with E-state index in [4.69, 9.17) is 11.6 Å². The lowest BCUT2D eigenvalue weighted by Gasteiger charge is -2.15. The summed E-state index contributed by atoms with van der Waals surface area (Å²) in [5.74, 6) is 0. The highest BCUT2D eigenvalue weighted by Gasteiger charge is 2.20. The number of aryl methyl sites for hydroxylation is 2. The summed E-state index contributed by atoms with van der Waals surface area (Å²) in [4.78, 5) is 1.36. The predicted octanol–water partition coefficient (Wildman–Crippen LogP) is 4.42. The molecule has 0 aliphatic rings. The summed E-state index contributed by atoms with van der Waals surface area (Å²) in [6, 6.07) is 4.75. The number of fused-ring (bicyclic) bond motifs is 1. The summed E-state index contributed by atoms with van der Waals surface area (Å²) in [6.07, 6.45) is 1.72. The number of rotatable bonds is 5. The summed E-state index contributed by atoms with van der Waals surface area (Å²) >= 11 is 10.1. The second-order valence-electron chi connectivity index (χ2n) is 5.03. The number of nitrogens with one attached hydrogen (secondary N) is 1. The third-order valence-electron chi connectivity index (χ3n) is 3.75. The van der Waals surface area contributed by atoms with Crippen molar-refractivity contribution in [3.05, 3.63) is 38.8 Å². The third kappa shape index (κ3) is 2.75. The number of hydrogen-bond acceptors (Lipinski definition) is 4. The van der Waals surface area contributed by atoms with Gasteiger partial charge in [-0.1, -0.05) is 18.5 Å². The van der Waals surface area contributed by atoms with Gasteiger partial charge in [-0.15, -0.1) is 22.7 Å². The molecule has 0 saturated heterocycles. The monoisotopic (exact) mass is 339 g/mol. The molecule has 3 rings (SSSR count). The fraction of sp³-hybridized carbons (Fsp3) is 0.400. The average molecular weight is 340 g/mol. The van der Waals surface area contributed by atoms with E-state index in [-0.39, 0.29) is 6.04 Å². The molecule has 1 N–H and O–H groups in total. The lowest BCUT2D eigenvalue weighted by Crippen LogP contribution is -2.19. The third-order valence-corrected chi connectivity index (χ3v) is 6.39. The number of halogens is 1. The van der Waals surface area contributed by atoms with Crippen molar-refractivity contribution in [3.8, 4) is 0 Å². The molecular weight excluding hydrogens is 322 g/mol. The molecule has 0 radical (unpaired) electrons. The summed E-state index contributed by atoms with van der Waals surface area (Å²) in [5, 5.41) is 10.9. The summed E-state index contributed by atoms with van der Waals surface area (Å²) in [7, 11) is 3.98. The predicted molar refractivity (Wildman–Crippen MR) is 92.8 cm³/mol. The van der Waals surface area contributed by atoms with Crippen molar-refractivity contribution >= 4 is 43.7 Å². The average Bonchev–Trinajstić information content (AvgIpc) is 3.12. The second-order valence-corrected chi connectivity index (χ2v) is 7.47. The quantitative estimate of drug-likeness (QED) is 0.746. The van der Waals surface area contributed by atoms with Crippen molar-refractivity contribution in [2.75, 3.05) is 7.05 Å². The molecule has 3 heterocycles. The van der Waals surface area contributed by atoms with Gasteiger partial charge in [0.05, 0.1) is 16.4 Å². The van der Waals surface area contributed by atoms with Crippen LogP contribution < -0.4 is 5.32 Å². The normalized spacial score (nSPS) is 13.1. The minimum Gasteiger partial charge on any atom is -0.312 e. The van der Waals surface area contributed by atoms with Crippen LogP contribution in [0.15, 0.2) is 17.5 Å². The van der Waals surface area contributed by atoms with Crippen LogP contribution in [0.1, 0.15) is 29.2 Å². The van der Waals surface area contributed by atoms with E-state index in [1.807, 2.05) is 30.1 Å². The fourth-order valence-corrected chi connectivity index (χ4v) is 5.14. The van der Waals surface area contributed by atoms with Gasteiger partial charge in [0.25, 0.3) is 0 Å². The Labute approximate surface area is 137 Å². The number of likely N-dealkylation sites (N-methyl/N-ethyl adjacent to an activating group) is 1. The molecule has 0 saturated carbocycles. The first-order valence-corrected chi connectivity index (χ1v) is 9.05. The van der Waals surface area contributed by atoms with Crippen LogP contribution >= 0.6 is 34.3 Å². The van der Waals surface area contributed by atoms with E-state index in [0.29, 0.717) is 0 Å². The minimum absolute atomic E-state index is 0.271. The molecule has 3 aromatic heterocycles. The molecule has 0 aliphatic carbocycles. The van der Waals surface area contributed by atoms with Crippen LogP contribution in [0.2, 0.25) is 5.02 Å². The molecule has 3 nitrogen and oxygen atoms in total. The van der Waals surface area contributed by atoms with Crippen LogP contribution in [-0.2, 0) is 19.9 Å². The first kappa shape index (κ1) is 15.0. The van der Waals surface area contributed by atoms with Gasteiger partial charge in [0, 0.05) is 33.8 Å². The molecule has 112 valence electrons. The van der Waals surface area contributed by atoms with Crippen LogP contribution in [0.3, 0.4) is 0 Å². The maximum absolute atomic E-state index is 6.47. The van der Waals surface area contributed by atoms with E-state index in [1.54, 1.807) is 11.3 Å². The van der Waals surface area contributed by atoms with Crippen molar-refractivity contribution in [3.63, 3.8) is 0 Å². The van der Waals surface area contributed by atoms with Crippen molar-refractivity contribution < 1.29 is 0 Å². The van der Waals surface area contributed by atoms with Crippen molar-refractivity contribution in [2.24, 2.45) is 7.05 Å². The molecule has 6 heteroatoms. The second kappa shape index (κ2) is 6.08. The van der Waals surface area contributed by atoms with Crippen molar-refractivity contribution in [2.45, 2.75) is 25.8 Å². The zero-order valence-corrected chi connectivity index (χ0v) is 14.7. The summed E-state index contributed by atoms with van der Waals surface area (Å²) in [6.45, 7) is 2.08. The Morgan fingerprint density at radius 3 is 2.86 bits per heavy atom. The SMILES string of the molecule is CCc1nn(C)c(CC(NC)c2cc3sccc3s2)c1Cl. The Morgan fingerprint density at radius 2 is 2.24 bits per heavy atom. The Morgan fingerprint density at radius 1 is 1.43 bits per heavy atom. The molecule has 0 bridgehead atoms. The van der Waals surface area contributed by atoms with Gasteiger partial charge in [0.2, 0.25) is 0 Å². The first-order valence-electron chi connectivity index (χ1n) is 6.98. The number of nitrogens with zero attached hydrogens (tertiary/aromatic N) is 2. The van der Waals surface area contributed by atoms with Gasteiger partial charge in [-0.2, -0.15) is 5.10 Å². The molecule has 0 fully saturated rings. The lowest BCUT2D eigenvalue weighted by atomic mass is 10.1. The molecule has 3 aromatic rings.